The number of carbonyl (C=O) groups excluding carboxylic acids is 2. The standard InChI is InChI=1S/C38H36N4O2/c1-37(2)36(34(44)26-43)42(27-41(37)25-28-22-23-40-35(39)24-28)33-20-18-32(19-21-33)38(29-12-6-3-7-13-29,30-14-8-4-9-15-30)31-16-10-5-11-17-31/h3-24,26,36H,25,27H2,1-2H3,(H2,39,40). The molecule has 1 unspecified atom stereocenters. The molecule has 6 nitrogen and oxygen atoms in total. The fourth-order valence-electron chi connectivity index (χ4n) is 6.83. The second kappa shape index (κ2) is 11.9. The van der Waals surface area contributed by atoms with Crippen LogP contribution in [0.25, 0.3) is 0 Å². The SMILES string of the molecule is CC1(C)C(C(=O)C=O)N(c2ccc(C(c3ccccc3)(c3ccccc3)c3ccccc3)cc2)CN1Cc1ccnc(N)c1. The number of aromatic nitrogens is 1. The van der Waals surface area contributed by atoms with E-state index >= 15 is 0 Å². The van der Waals surface area contributed by atoms with Crippen LogP contribution in [0.1, 0.15) is 41.7 Å². The van der Waals surface area contributed by atoms with Gasteiger partial charge in [0.1, 0.15) is 11.9 Å². The Hall–Kier alpha value is -5.07. The van der Waals surface area contributed by atoms with Crippen molar-refractivity contribution in [3.05, 3.63) is 161 Å². The summed E-state index contributed by atoms with van der Waals surface area (Å²) in [5, 5.41) is 0. The van der Waals surface area contributed by atoms with Gasteiger partial charge < -0.3 is 10.6 Å². The molecule has 5 aromatic rings. The number of Topliss-reactive ketones (excluding diaryl/α,β-unsaturated/α-hetero) is 1. The van der Waals surface area contributed by atoms with Crippen LogP contribution in [0.4, 0.5) is 11.5 Å². The molecule has 1 aliphatic heterocycles. The van der Waals surface area contributed by atoms with Crippen LogP contribution in [0.3, 0.4) is 0 Å². The van der Waals surface area contributed by atoms with Crippen LogP contribution in [0.2, 0.25) is 0 Å². The third-order valence-corrected chi connectivity index (χ3v) is 8.98. The first-order valence-electron chi connectivity index (χ1n) is 14.8. The summed E-state index contributed by atoms with van der Waals surface area (Å²) in [6.45, 7) is 5.07. The molecule has 2 heterocycles. The monoisotopic (exact) mass is 580 g/mol. The number of nitrogens with zero attached hydrogens (tertiary/aromatic N) is 3. The fraction of sp³-hybridized carbons (Fsp3) is 0.184. The molecule has 6 rings (SSSR count). The van der Waals surface area contributed by atoms with Crippen LogP contribution < -0.4 is 10.6 Å². The normalized spacial score (nSPS) is 16.5. The van der Waals surface area contributed by atoms with Crippen molar-refractivity contribution in [3.63, 3.8) is 0 Å². The van der Waals surface area contributed by atoms with Gasteiger partial charge in [0.15, 0.2) is 6.29 Å². The lowest BCUT2D eigenvalue weighted by Gasteiger charge is -2.37. The number of ketones is 1. The summed E-state index contributed by atoms with van der Waals surface area (Å²) in [6, 6.07) is 43.3. The summed E-state index contributed by atoms with van der Waals surface area (Å²) in [4.78, 5) is 33.4. The van der Waals surface area contributed by atoms with E-state index in [-0.39, 0.29) is 0 Å². The van der Waals surface area contributed by atoms with Crippen molar-refractivity contribution in [1.82, 2.24) is 9.88 Å². The molecule has 1 saturated heterocycles. The van der Waals surface area contributed by atoms with Crippen molar-refractivity contribution in [2.24, 2.45) is 0 Å². The summed E-state index contributed by atoms with van der Waals surface area (Å²) in [5.74, 6) is 0.00854. The van der Waals surface area contributed by atoms with Crippen LogP contribution in [-0.4, -0.2) is 40.2 Å². The topological polar surface area (TPSA) is 79.5 Å². The average Bonchev–Trinajstić information content (AvgIpc) is 3.32. The van der Waals surface area contributed by atoms with Gasteiger partial charge in [0.2, 0.25) is 5.78 Å². The number of hydrogen-bond donors (Lipinski definition) is 1. The van der Waals surface area contributed by atoms with Crippen LogP contribution in [0.15, 0.2) is 134 Å². The van der Waals surface area contributed by atoms with Gasteiger partial charge in [-0.15, -0.1) is 0 Å². The number of nitrogen functional groups attached to an aromatic ring is 1. The third-order valence-electron chi connectivity index (χ3n) is 8.98. The van der Waals surface area contributed by atoms with Crippen molar-refractivity contribution >= 4 is 23.6 Å². The van der Waals surface area contributed by atoms with Crippen LogP contribution in [0.5, 0.6) is 0 Å². The molecule has 0 saturated carbocycles. The summed E-state index contributed by atoms with van der Waals surface area (Å²) in [7, 11) is 0. The first kappa shape index (κ1) is 29.0. The molecule has 0 spiro atoms. The third kappa shape index (κ3) is 5.07. The minimum Gasteiger partial charge on any atom is -0.384 e. The minimum absolute atomic E-state index is 0.442. The van der Waals surface area contributed by atoms with Crippen molar-refractivity contribution in [2.75, 3.05) is 17.3 Å². The minimum atomic E-state index is -0.646. The maximum Gasteiger partial charge on any atom is 0.219 e. The molecular formula is C38H36N4O2. The predicted octanol–water partition coefficient (Wildman–Crippen LogP) is 6.24. The fourth-order valence-corrected chi connectivity index (χ4v) is 6.83. The van der Waals surface area contributed by atoms with Gasteiger partial charge in [-0.2, -0.15) is 0 Å². The number of rotatable bonds is 9. The number of nitrogens with two attached hydrogens (primary N) is 1. The molecule has 2 N–H and O–H groups in total. The molecule has 1 aromatic heterocycles. The second-order valence-corrected chi connectivity index (χ2v) is 11.9. The van der Waals surface area contributed by atoms with Gasteiger partial charge in [-0.3, -0.25) is 14.5 Å². The molecule has 0 aliphatic carbocycles. The zero-order valence-corrected chi connectivity index (χ0v) is 25.0. The van der Waals surface area contributed by atoms with Crippen molar-refractivity contribution < 1.29 is 9.59 Å². The largest absolute Gasteiger partial charge is 0.384 e. The van der Waals surface area contributed by atoms with E-state index in [1.54, 1.807) is 6.20 Å². The van der Waals surface area contributed by atoms with Crippen LogP contribution in [0, 0.1) is 0 Å². The Kier molecular flexibility index (Phi) is 7.85. The number of aldehydes is 1. The molecule has 220 valence electrons. The molecule has 4 aromatic carbocycles. The van der Waals surface area contributed by atoms with E-state index in [1.165, 1.54) is 0 Å². The Morgan fingerprint density at radius 1 is 0.818 bits per heavy atom. The van der Waals surface area contributed by atoms with E-state index in [0.717, 1.165) is 33.5 Å². The predicted molar refractivity (Wildman–Crippen MR) is 175 cm³/mol. The highest BCUT2D eigenvalue weighted by Crippen LogP contribution is 2.46. The zero-order chi connectivity index (χ0) is 30.7. The molecule has 1 aliphatic rings. The smallest absolute Gasteiger partial charge is 0.219 e. The number of hydrogen-bond acceptors (Lipinski definition) is 6. The van der Waals surface area contributed by atoms with E-state index < -0.39 is 22.8 Å². The average molecular weight is 581 g/mol. The maximum absolute atomic E-state index is 13.2. The molecule has 1 atom stereocenters. The molecule has 0 radical (unpaired) electrons. The van der Waals surface area contributed by atoms with Crippen molar-refractivity contribution in [3.8, 4) is 0 Å². The van der Waals surface area contributed by atoms with Crippen molar-refractivity contribution in [2.45, 2.75) is 37.4 Å². The lowest BCUT2D eigenvalue weighted by molar-refractivity contribution is -0.131. The Balaban J connectivity index is 1.45. The summed E-state index contributed by atoms with van der Waals surface area (Å²) >= 11 is 0. The van der Waals surface area contributed by atoms with Gasteiger partial charge >= 0.3 is 0 Å². The molecule has 44 heavy (non-hydrogen) atoms. The number of anilines is 2. The van der Waals surface area contributed by atoms with Gasteiger partial charge in [-0.1, -0.05) is 103 Å². The quantitative estimate of drug-likeness (QED) is 0.126. The maximum atomic E-state index is 13.2. The molecule has 0 amide bonds. The number of carbonyl (C=O) groups is 2. The molecule has 6 heteroatoms. The van der Waals surface area contributed by atoms with Crippen LogP contribution >= 0.6 is 0 Å². The summed E-state index contributed by atoms with van der Waals surface area (Å²) in [5.41, 5.74) is 11.2. The Morgan fingerprint density at radius 3 is 1.80 bits per heavy atom. The lowest BCUT2D eigenvalue weighted by atomic mass is 9.65. The van der Waals surface area contributed by atoms with Gasteiger partial charge in [0.25, 0.3) is 0 Å². The first-order valence-corrected chi connectivity index (χ1v) is 14.8. The number of pyridine rings is 1. The first-order chi connectivity index (χ1) is 21.4. The lowest BCUT2D eigenvalue weighted by Crippen LogP contribution is -2.51. The highest BCUT2D eigenvalue weighted by Gasteiger charge is 2.50. The Bertz CT molecular complexity index is 1640. The second-order valence-electron chi connectivity index (χ2n) is 11.9. The summed E-state index contributed by atoms with van der Waals surface area (Å²) < 4.78 is 0. The number of benzene rings is 4. The molecule has 1 fully saturated rings. The molecular weight excluding hydrogens is 544 g/mol. The van der Waals surface area contributed by atoms with Crippen LogP contribution in [-0.2, 0) is 21.5 Å². The van der Waals surface area contributed by atoms with Gasteiger partial charge in [0, 0.05) is 24.0 Å². The van der Waals surface area contributed by atoms with Gasteiger partial charge in [-0.05, 0) is 65.9 Å². The molecule has 0 bridgehead atoms. The van der Waals surface area contributed by atoms with E-state index in [1.807, 2.05) is 49.1 Å². The van der Waals surface area contributed by atoms with E-state index in [0.29, 0.717) is 25.3 Å². The van der Waals surface area contributed by atoms with E-state index in [9.17, 15) is 9.59 Å². The Labute approximate surface area is 258 Å². The summed E-state index contributed by atoms with van der Waals surface area (Å²) in [6.07, 6.45) is 2.14. The Morgan fingerprint density at radius 2 is 1.32 bits per heavy atom. The van der Waals surface area contributed by atoms with E-state index in [4.69, 9.17) is 5.73 Å². The van der Waals surface area contributed by atoms with Crippen molar-refractivity contribution in [1.29, 1.82) is 0 Å². The van der Waals surface area contributed by atoms with Gasteiger partial charge in [0.05, 0.1) is 12.1 Å². The van der Waals surface area contributed by atoms with E-state index in [2.05, 4.69) is 107 Å². The highest BCUT2D eigenvalue weighted by molar-refractivity contribution is 6.28. The zero-order valence-electron chi connectivity index (χ0n) is 25.0. The van der Waals surface area contributed by atoms with Gasteiger partial charge in [-0.25, -0.2) is 4.98 Å². The highest BCUT2D eigenvalue weighted by atomic mass is 16.2.